The van der Waals surface area contributed by atoms with Crippen LogP contribution in [-0.2, 0) is 33.6 Å². The van der Waals surface area contributed by atoms with Gasteiger partial charge in [0.1, 0.15) is 17.7 Å². The molecular weight excluding hydrogens is 728 g/mol. The van der Waals surface area contributed by atoms with E-state index in [0.29, 0.717) is 6.42 Å². The summed E-state index contributed by atoms with van der Waals surface area (Å²) >= 11 is 3.43. The van der Waals surface area contributed by atoms with Gasteiger partial charge in [0.15, 0.2) is 0 Å². The van der Waals surface area contributed by atoms with Gasteiger partial charge in [-0.05, 0) is 66.8 Å². The lowest BCUT2D eigenvalue weighted by Gasteiger charge is -2.26. The highest BCUT2D eigenvalue weighted by Gasteiger charge is 2.30. The normalized spacial score (nSPS) is 13.3. The van der Waals surface area contributed by atoms with E-state index in [9.17, 15) is 24.3 Å². The molecule has 0 aliphatic carbocycles. The maximum Gasteiger partial charge on any atom is 0.408 e. The Labute approximate surface area is 309 Å². The van der Waals surface area contributed by atoms with Crippen LogP contribution >= 0.6 is 15.9 Å². The fourth-order valence-corrected chi connectivity index (χ4v) is 5.77. The van der Waals surface area contributed by atoms with Gasteiger partial charge in [-0.25, -0.2) is 9.59 Å². The van der Waals surface area contributed by atoms with Crippen LogP contribution in [0.2, 0.25) is 0 Å². The summed E-state index contributed by atoms with van der Waals surface area (Å²) in [7, 11) is 0. The molecule has 5 aromatic rings. The number of hydrogen-bond donors (Lipinski definition) is 5. The number of nitrogens with zero attached hydrogens (tertiary/aromatic N) is 2. The lowest BCUT2D eigenvalue weighted by atomic mass is 9.99. The number of aromatic hydroxyl groups is 1. The molecule has 12 nitrogen and oxygen atoms in total. The van der Waals surface area contributed by atoms with Crippen LogP contribution in [0.1, 0.15) is 37.5 Å². The van der Waals surface area contributed by atoms with Crippen molar-refractivity contribution >= 4 is 50.8 Å². The summed E-state index contributed by atoms with van der Waals surface area (Å²) in [6.07, 6.45) is 2.31. The minimum absolute atomic E-state index is 0.125. The van der Waals surface area contributed by atoms with E-state index in [4.69, 9.17) is 4.74 Å². The molecule has 0 saturated heterocycles. The lowest BCUT2D eigenvalue weighted by Crippen LogP contribution is -2.56. The Kier molecular flexibility index (Phi) is 12.3. The second kappa shape index (κ2) is 17.0. The molecule has 0 spiro atoms. The van der Waals surface area contributed by atoms with Crippen LogP contribution < -0.4 is 21.6 Å². The number of carbonyl (C=O) groups is 3. The summed E-state index contributed by atoms with van der Waals surface area (Å²) in [5.74, 6) is -1.46. The number of benzene rings is 4. The van der Waals surface area contributed by atoms with Crippen LogP contribution in [0.25, 0.3) is 10.8 Å². The molecule has 0 radical (unpaired) electrons. The summed E-state index contributed by atoms with van der Waals surface area (Å²) in [4.78, 5) is 55.7. The van der Waals surface area contributed by atoms with Crippen molar-refractivity contribution in [1.82, 2.24) is 25.6 Å². The highest BCUT2D eigenvalue weighted by atomic mass is 79.9. The van der Waals surface area contributed by atoms with Gasteiger partial charge in [0.05, 0.1) is 12.2 Å². The first-order valence-corrected chi connectivity index (χ1v) is 17.5. The Balaban J connectivity index is 1.45. The molecule has 3 amide bonds. The standard InChI is InChI=1S/C39H41BrN6O6/c1-39(2,3)52-38(51)44-33(21-26-14-17-30(40)18-15-26)36(49)43-32(22-27-13-16-28-11-7-8-12-29(28)19-27)35(48)42-31(20-25-9-5-4-6-10-25)23-41-46-24-34(47)45-37(46)50/h4-19,23-24,31-33,47H,20-22H2,1-3H3,(H,42,48)(H,43,49)(H,44,51)(H,45,50). The quantitative estimate of drug-likeness (QED) is 0.103. The average Bonchev–Trinajstić information content (AvgIpc) is 3.43. The minimum Gasteiger partial charge on any atom is -0.493 e. The van der Waals surface area contributed by atoms with E-state index in [-0.39, 0.29) is 18.7 Å². The number of nitrogens with one attached hydrogen (secondary N) is 4. The number of alkyl carbamates (subject to hydrolysis) is 1. The monoisotopic (exact) mass is 768 g/mol. The number of ether oxygens (including phenoxy) is 1. The molecule has 52 heavy (non-hydrogen) atoms. The highest BCUT2D eigenvalue weighted by molar-refractivity contribution is 9.10. The van der Waals surface area contributed by atoms with Crippen molar-refractivity contribution in [3.63, 3.8) is 0 Å². The molecule has 270 valence electrons. The van der Waals surface area contributed by atoms with Crippen LogP contribution in [0.5, 0.6) is 5.88 Å². The van der Waals surface area contributed by atoms with Crippen molar-refractivity contribution in [2.24, 2.45) is 5.10 Å². The molecule has 4 aromatic carbocycles. The third-order valence-corrected chi connectivity index (χ3v) is 8.46. The minimum atomic E-state index is -1.09. The first-order valence-electron chi connectivity index (χ1n) is 16.7. The largest absolute Gasteiger partial charge is 0.493 e. The summed E-state index contributed by atoms with van der Waals surface area (Å²) in [6.45, 7) is 5.18. The van der Waals surface area contributed by atoms with Gasteiger partial charge < -0.3 is 25.8 Å². The molecule has 0 aliphatic rings. The second-order valence-corrected chi connectivity index (χ2v) is 14.3. The zero-order valence-electron chi connectivity index (χ0n) is 29.0. The number of hydrogen-bond acceptors (Lipinski definition) is 7. The molecule has 0 saturated carbocycles. The Bertz CT molecular complexity index is 2090. The van der Waals surface area contributed by atoms with Crippen LogP contribution in [-0.4, -0.2) is 62.6 Å². The van der Waals surface area contributed by atoms with E-state index in [0.717, 1.165) is 42.8 Å². The van der Waals surface area contributed by atoms with Crippen molar-refractivity contribution in [1.29, 1.82) is 0 Å². The average molecular weight is 770 g/mol. The number of halogens is 1. The van der Waals surface area contributed by atoms with E-state index in [1.165, 1.54) is 6.21 Å². The number of fused-ring (bicyclic) bond motifs is 1. The Morgan fingerprint density at radius 1 is 0.808 bits per heavy atom. The number of rotatable bonds is 13. The van der Waals surface area contributed by atoms with Crippen molar-refractivity contribution in [2.75, 3.05) is 0 Å². The number of carbonyl (C=O) groups excluding carboxylic acids is 3. The van der Waals surface area contributed by atoms with Gasteiger partial charge in [0.2, 0.25) is 17.7 Å². The van der Waals surface area contributed by atoms with Gasteiger partial charge in [-0.2, -0.15) is 9.78 Å². The van der Waals surface area contributed by atoms with Gasteiger partial charge in [-0.1, -0.05) is 101 Å². The number of aromatic nitrogens is 2. The third kappa shape index (κ3) is 11.2. The molecule has 3 atom stereocenters. The Morgan fingerprint density at radius 3 is 2.08 bits per heavy atom. The second-order valence-electron chi connectivity index (χ2n) is 13.3. The summed E-state index contributed by atoms with van der Waals surface area (Å²) < 4.78 is 7.25. The molecule has 3 unspecified atom stereocenters. The molecule has 0 fully saturated rings. The highest BCUT2D eigenvalue weighted by Crippen LogP contribution is 2.18. The molecule has 1 aromatic heterocycles. The van der Waals surface area contributed by atoms with Crippen molar-refractivity contribution in [3.8, 4) is 5.88 Å². The van der Waals surface area contributed by atoms with Crippen molar-refractivity contribution in [3.05, 3.63) is 135 Å². The number of aromatic amines is 1. The van der Waals surface area contributed by atoms with Gasteiger partial charge in [-0.15, -0.1) is 0 Å². The first kappa shape index (κ1) is 37.6. The predicted octanol–water partition coefficient (Wildman–Crippen LogP) is 5.22. The van der Waals surface area contributed by atoms with Gasteiger partial charge in [-0.3, -0.25) is 14.6 Å². The van der Waals surface area contributed by atoms with Crippen molar-refractivity contribution in [2.45, 2.75) is 63.8 Å². The predicted molar refractivity (Wildman–Crippen MR) is 203 cm³/mol. The summed E-state index contributed by atoms with van der Waals surface area (Å²) in [5.41, 5.74) is 0.997. The van der Waals surface area contributed by atoms with E-state index in [1.807, 2.05) is 97.1 Å². The molecular formula is C39H41BrN6O6. The zero-order valence-corrected chi connectivity index (χ0v) is 30.6. The van der Waals surface area contributed by atoms with Gasteiger partial charge >= 0.3 is 11.8 Å². The SMILES string of the molecule is CC(C)(C)OC(=O)NC(Cc1ccc(Br)cc1)C(=O)NC(Cc1ccc2ccccc2c1)C(=O)NC(C=Nn1cc(O)[nH]c1=O)Cc1ccccc1. The summed E-state index contributed by atoms with van der Waals surface area (Å²) in [5, 5.41) is 24.5. The van der Waals surface area contributed by atoms with E-state index in [2.05, 4.69) is 42.0 Å². The zero-order chi connectivity index (χ0) is 37.3. The van der Waals surface area contributed by atoms with Crippen LogP contribution in [0.15, 0.2) is 118 Å². The maximum atomic E-state index is 14.2. The fourth-order valence-electron chi connectivity index (χ4n) is 5.50. The van der Waals surface area contributed by atoms with Crippen LogP contribution in [0.4, 0.5) is 4.79 Å². The van der Waals surface area contributed by atoms with E-state index < -0.39 is 47.3 Å². The Morgan fingerprint density at radius 2 is 1.40 bits per heavy atom. The van der Waals surface area contributed by atoms with E-state index >= 15 is 0 Å². The lowest BCUT2D eigenvalue weighted by molar-refractivity contribution is -0.130. The van der Waals surface area contributed by atoms with Gasteiger partial charge in [0, 0.05) is 23.5 Å². The molecule has 0 aliphatic heterocycles. The topological polar surface area (TPSA) is 167 Å². The van der Waals surface area contributed by atoms with Gasteiger partial charge in [0.25, 0.3) is 0 Å². The number of amides is 3. The van der Waals surface area contributed by atoms with Crippen molar-refractivity contribution < 1.29 is 24.2 Å². The maximum absolute atomic E-state index is 14.2. The smallest absolute Gasteiger partial charge is 0.408 e. The Hall–Kier alpha value is -5.69. The molecule has 13 heteroatoms. The molecule has 1 heterocycles. The van der Waals surface area contributed by atoms with Crippen LogP contribution in [0, 0.1) is 0 Å². The van der Waals surface area contributed by atoms with E-state index in [1.54, 1.807) is 20.8 Å². The molecule has 0 bridgehead atoms. The number of imidazole rings is 1. The molecule has 5 rings (SSSR count). The third-order valence-electron chi connectivity index (χ3n) is 7.93. The van der Waals surface area contributed by atoms with Crippen LogP contribution in [0.3, 0.4) is 0 Å². The fraction of sp³-hybridized carbons (Fsp3) is 0.256. The molecule has 5 N–H and O–H groups in total. The first-order chi connectivity index (χ1) is 24.8. The summed E-state index contributed by atoms with van der Waals surface area (Å²) in [6, 6.07) is 27.5. The number of H-pyrrole nitrogens is 1.